The van der Waals surface area contributed by atoms with Gasteiger partial charge in [0, 0.05) is 11.3 Å². The Morgan fingerprint density at radius 2 is 1.86 bits per heavy atom. The van der Waals surface area contributed by atoms with E-state index >= 15 is 0 Å². The fourth-order valence-electron chi connectivity index (χ4n) is 1.95. The summed E-state index contributed by atoms with van der Waals surface area (Å²) in [4.78, 5) is 12.4. The number of sulfonamides is 1. The molecule has 0 aliphatic carbocycles. The lowest BCUT2D eigenvalue weighted by atomic mass is 10.1. The molecule has 0 saturated carbocycles. The second kappa shape index (κ2) is 9.17. The number of nitrogens with one attached hydrogen (secondary N) is 1. The van der Waals surface area contributed by atoms with Crippen LogP contribution in [0.25, 0.3) is 0 Å². The zero-order valence-electron chi connectivity index (χ0n) is 12.4. The number of thiophene rings is 1. The van der Waals surface area contributed by atoms with Gasteiger partial charge < -0.3 is 5.32 Å². The van der Waals surface area contributed by atoms with Crippen LogP contribution in [-0.2, 0) is 21.4 Å². The van der Waals surface area contributed by atoms with E-state index in [0.717, 1.165) is 29.1 Å². The predicted molar refractivity (Wildman–Crippen MR) is 85.5 cm³/mol. The molecule has 0 bridgehead atoms. The Labute approximate surface area is 131 Å². The van der Waals surface area contributed by atoms with Crippen LogP contribution in [0.1, 0.15) is 56.7 Å². The van der Waals surface area contributed by atoms with E-state index in [4.69, 9.17) is 5.14 Å². The van der Waals surface area contributed by atoms with Crippen LogP contribution in [0.15, 0.2) is 16.3 Å². The number of amides is 1. The standard InChI is InChI=1S/C14H24N2O3S2/c1-2-3-4-5-6-7-8-13(17)16-11-12-9-10-14(20-12)21(15,18)19/h9-10H,2-8,11H2,1H3,(H,16,17)(H2,15,18,19). The first-order chi connectivity index (χ1) is 9.93. The number of carbonyl (C=O) groups is 1. The summed E-state index contributed by atoms with van der Waals surface area (Å²) in [7, 11) is -3.64. The van der Waals surface area contributed by atoms with E-state index in [0.29, 0.717) is 13.0 Å². The summed E-state index contributed by atoms with van der Waals surface area (Å²) in [6, 6.07) is 3.14. The van der Waals surface area contributed by atoms with Crippen LogP contribution >= 0.6 is 11.3 Å². The number of unbranched alkanes of at least 4 members (excludes halogenated alkanes) is 5. The Balaban J connectivity index is 2.20. The summed E-state index contributed by atoms with van der Waals surface area (Å²) in [6.45, 7) is 2.54. The molecule has 3 N–H and O–H groups in total. The summed E-state index contributed by atoms with van der Waals surface area (Å²) in [5.41, 5.74) is 0. The van der Waals surface area contributed by atoms with Crippen LogP contribution in [0.4, 0.5) is 0 Å². The van der Waals surface area contributed by atoms with Crippen molar-refractivity contribution in [3.63, 3.8) is 0 Å². The molecule has 7 heteroatoms. The Hall–Kier alpha value is -0.920. The van der Waals surface area contributed by atoms with Crippen LogP contribution in [0, 0.1) is 0 Å². The van der Waals surface area contributed by atoms with E-state index in [1.165, 1.54) is 31.7 Å². The first-order valence-electron chi connectivity index (χ1n) is 7.31. The van der Waals surface area contributed by atoms with Gasteiger partial charge in [-0.1, -0.05) is 39.0 Å². The molecule has 0 fully saturated rings. The third kappa shape index (κ3) is 7.59. The number of primary sulfonamides is 1. The molecule has 21 heavy (non-hydrogen) atoms. The van der Waals surface area contributed by atoms with Crippen molar-refractivity contribution in [1.29, 1.82) is 0 Å². The minimum Gasteiger partial charge on any atom is -0.351 e. The lowest BCUT2D eigenvalue weighted by Gasteiger charge is -2.03. The topological polar surface area (TPSA) is 89.3 Å². The van der Waals surface area contributed by atoms with Crippen molar-refractivity contribution >= 4 is 27.3 Å². The summed E-state index contributed by atoms with van der Waals surface area (Å²) in [6.07, 6.45) is 7.43. The second-order valence-electron chi connectivity index (χ2n) is 5.06. The molecule has 0 aromatic carbocycles. The fraction of sp³-hybridized carbons (Fsp3) is 0.643. The van der Waals surface area contributed by atoms with Crippen molar-refractivity contribution < 1.29 is 13.2 Å². The molecule has 0 aliphatic heterocycles. The fourth-order valence-corrected chi connectivity index (χ4v) is 3.66. The SMILES string of the molecule is CCCCCCCCC(=O)NCc1ccc(S(N)(=O)=O)s1. The Kier molecular flexibility index (Phi) is 7.92. The highest BCUT2D eigenvalue weighted by Gasteiger charge is 2.11. The average Bonchev–Trinajstić information content (AvgIpc) is 2.89. The van der Waals surface area contributed by atoms with Gasteiger partial charge in [-0.25, -0.2) is 13.6 Å². The lowest BCUT2D eigenvalue weighted by Crippen LogP contribution is -2.21. The Morgan fingerprint density at radius 1 is 1.19 bits per heavy atom. The number of hydrogen-bond acceptors (Lipinski definition) is 4. The molecule has 0 spiro atoms. The normalized spacial score (nSPS) is 11.5. The van der Waals surface area contributed by atoms with Crippen LogP contribution in [-0.4, -0.2) is 14.3 Å². The zero-order valence-corrected chi connectivity index (χ0v) is 14.1. The van der Waals surface area contributed by atoms with Gasteiger partial charge >= 0.3 is 0 Å². The highest BCUT2D eigenvalue weighted by atomic mass is 32.2. The van der Waals surface area contributed by atoms with Crippen LogP contribution in [0.2, 0.25) is 0 Å². The van der Waals surface area contributed by atoms with Gasteiger partial charge in [0.1, 0.15) is 4.21 Å². The highest BCUT2D eigenvalue weighted by Crippen LogP contribution is 2.20. The number of nitrogens with two attached hydrogens (primary N) is 1. The lowest BCUT2D eigenvalue weighted by molar-refractivity contribution is -0.121. The maximum absolute atomic E-state index is 11.7. The third-order valence-corrected chi connectivity index (χ3v) is 5.66. The molecule has 1 amide bonds. The van der Waals surface area contributed by atoms with Gasteiger partial charge in [-0.3, -0.25) is 4.79 Å². The number of hydrogen-bond donors (Lipinski definition) is 2. The monoisotopic (exact) mass is 332 g/mol. The second-order valence-corrected chi connectivity index (χ2v) is 8.02. The van der Waals surface area contributed by atoms with Crippen LogP contribution < -0.4 is 10.5 Å². The van der Waals surface area contributed by atoms with Crippen molar-refractivity contribution in [2.75, 3.05) is 0 Å². The van der Waals surface area contributed by atoms with E-state index < -0.39 is 10.0 Å². The Morgan fingerprint density at radius 3 is 2.48 bits per heavy atom. The first kappa shape index (κ1) is 18.1. The van der Waals surface area contributed by atoms with Gasteiger partial charge in [0.25, 0.3) is 0 Å². The largest absolute Gasteiger partial charge is 0.351 e. The van der Waals surface area contributed by atoms with Crippen molar-refractivity contribution in [2.24, 2.45) is 5.14 Å². The predicted octanol–water partition coefficient (Wildman–Crippen LogP) is 2.76. The molecule has 1 rings (SSSR count). The quantitative estimate of drug-likeness (QED) is 0.646. The van der Waals surface area contributed by atoms with E-state index in [9.17, 15) is 13.2 Å². The van der Waals surface area contributed by atoms with E-state index in [1.807, 2.05) is 0 Å². The summed E-state index contributed by atoms with van der Waals surface area (Å²) in [5.74, 6) is 0.0102. The van der Waals surface area contributed by atoms with Gasteiger partial charge in [-0.15, -0.1) is 11.3 Å². The molecule has 0 unspecified atom stereocenters. The maximum atomic E-state index is 11.7. The molecular formula is C14H24N2O3S2. The molecule has 0 saturated heterocycles. The molecule has 0 aliphatic rings. The van der Waals surface area contributed by atoms with Crippen molar-refractivity contribution in [2.45, 2.75) is 62.6 Å². The van der Waals surface area contributed by atoms with Crippen molar-refractivity contribution in [3.8, 4) is 0 Å². The molecule has 1 aromatic heterocycles. The molecule has 0 atom stereocenters. The van der Waals surface area contributed by atoms with Crippen molar-refractivity contribution in [3.05, 3.63) is 17.0 Å². The summed E-state index contributed by atoms with van der Waals surface area (Å²) < 4.78 is 22.4. The van der Waals surface area contributed by atoms with Gasteiger partial charge in [-0.2, -0.15) is 0 Å². The molecular weight excluding hydrogens is 308 g/mol. The maximum Gasteiger partial charge on any atom is 0.247 e. The van der Waals surface area contributed by atoms with Crippen LogP contribution in [0.5, 0.6) is 0 Å². The summed E-state index contributed by atoms with van der Waals surface area (Å²) in [5, 5.41) is 7.84. The number of carbonyl (C=O) groups excluding carboxylic acids is 1. The average molecular weight is 332 g/mol. The number of rotatable bonds is 10. The molecule has 0 radical (unpaired) electrons. The Bertz CT molecular complexity index is 538. The first-order valence-corrected chi connectivity index (χ1v) is 9.68. The molecule has 1 aromatic rings. The van der Waals surface area contributed by atoms with Gasteiger partial charge in [0.2, 0.25) is 15.9 Å². The molecule has 1 heterocycles. The third-order valence-electron chi connectivity index (χ3n) is 3.13. The summed E-state index contributed by atoms with van der Waals surface area (Å²) >= 11 is 1.09. The van der Waals surface area contributed by atoms with E-state index in [-0.39, 0.29) is 10.1 Å². The van der Waals surface area contributed by atoms with Gasteiger partial charge in [-0.05, 0) is 18.6 Å². The smallest absolute Gasteiger partial charge is 0.247 e. The van der Waals surface area contributed by atoms with Crippen LogP contribution in [0.3, 0.4) is 0 Å². The van der Waals surface area contributed by atoms with Gasteiger partial charge in [0.15, 0.2) is 0 Å². The zero-order chi connectivity index (χ0) is 15.7. The molecule has 120 valence electrons. The van der Waals surface area contributed by atoms with Gasteiger partial charge in [0.05, 0.1) is 6.54 Å². The van der Waals surface area contributed by atoms with E-state index in [2.05, 4.69) is 12.2 Å². The van der Waals surface area contributed by atoms with E-state index in [1.54, 1.807) is 6.07 Å². The van der Waals surface area contributed by atoms with Crippen molar-refractivity contribution in [1.82, 2.24) is 5.32 Å². The highest BCUT2D eigenvalue weighted by molar-refractivity contribution is 7.91. The minimum atomic E-state index is -3.64. The minimum absolute atomic E-state index is 0.0102. The molecule has 5 nitrogen and oxygen atoms in total.